The lowest BCUT2D eigenvalue weighted by atomic mass is 9.76. The molecule has 9 nitrogen and oxygen atoms in total. The molecule has 40 heavy (non-hydrogen) atoms. The van der Waals surface area contributed by atoms with Crippen molar-refractivity contribution in [2.45, 2.75) is 77.4 Å². The standard InChI is InChI=1S/C31H42N6O3/c1-4-36-12-5-6-24(18-36)35-30(39)22-8-10-28(33-17-22)37-13-11-23(16-21-7-9-27(21)37)34-31(40)26-15-19(2)25(29(32)38)14-20(26)3/h8,10,14-15,17,21,23-24,27H,4-7,9,11-13,16,18H2,1-3H3,(H2,32,38)(H,34,40)(H,35,39)/t21?,23?,24-,27?/m0/s1. The number of fused-ring (bicyclic) bond motifs is 1. The largest absolute Gasteiger partial charge is 0.366 e. The first kappa shape index (κ1) is 28.1. The van der Waals surface area contributed by atoms with Crippen LogP contribution in [0.3, 0.4) is 0 Å². The smallest absolute Gasteiger partial charge is 0.253 e. The second kappa shape index (κ2) is 12.0. The summed E-state index contributed by atoms with van der Waals surface area (Å²) < 4.78 is 0. The third kappa shape index (κ3) is 5.99. The Morgan fingerprint density at radius 2 is 1.70 bits per heavy atom. The molecule has 3 unspecified atom stereocenters. The first-order chi connectivity index (χ1) is 19.2. The zero-order valence-corrected chi connectivity index (χ0v) is 23.9. The number of nitrogens with one attached hydrogen (secondary N) is 2. The number of nitrogens with two attached hydrogens (primary N) is 1. The minimum Gasteiger partial charge on any atom is -0.366 e. The number of carbonyl (C=O) groups is 3. The van der Waals surface area contributed by atoms with Crippen molar-refractivity contribution in [3.63, 3.8) is 0 Å². The first-order valence-corrected chi connectivity index (χ1v) is 14.7. The number of likely N-dealkylation sites (tertiary alicyclic amines) is 1. The van der Waals surface area contributed by atoms with E-state index < -0.39 is 5.91 Å². The van der Waals surface area contributed by atoms with E-state index in [4.69, 9.17) is 10.7 Å². The summed E-state index contributed by atoms with van der Waals surface area (Å²) >= 11 is 0. The zero-order valence-electron chi connectivity index (χ0n) is 23.9. The van der Waals surface area contributed by atoms with Crippen LogP contribution >= 0.6 is 0 Å². The third-order valence-electron chi connectivity index (χ3n) is 9.09. The van der Waals surface area contributed by atoms with E-state index in [1.807, 2.05) is 19.1 Å². The van der Waals surface area contributed by atoms with Crippen molar-refractivity contribution in [2.24, 2.45) is 11.7 Å². The minimum atomic E-state index is -0.484. The fraction of sp³-hybridized carbons (Fsp3) is 0.548. The number of likely N-dealkylation sites (N-methyl/N-ethyl adjacent to an activating group) is 1. The van der Waals surface area contributed by atoms with Gasteiger partial charge >= 0.3 is 0 Å². The van der Waals surface area contributed by atoms with E-state index in [2.05, 4.69) is 27.4 Å². The van der Waals surface area contributed by atoms with Gasteiger partial charge in [-0.25, -0.2) is 4.98 Å². The van der Waals surface area contributed by atoms with E-state index >= 15 is 0 Å². The highest BCUT2D eigenvalue weighted by Crippen LogP contribution is 2.40. The van der Waals surface area contributed by atoms with Crippen LogP contribution < -0.4 is 21.3 Å². The lowest BCUT2D eigenvalue weighted by molar-refractivity contribution is 0.0902. The van der Waals surface area contributed by atoms with Crippen LogP contribution in [0.15, 0.2) is 30.5 Å². The molecule has 0 spiro atoms. The highest BCUT2D eigenvalue weighted by Gasteiger charge is 2.40. The molecule has 3 fully saturated rings. The molecular formula is C31H42N6O3. The third-order valence-corrected chi connectivity index (χ3v) is 9.09. The summed E-state index contributed by atoms with van der Waals surface area (Å²) in [6, 6.07) is 7.96. The number of anilines is 1. The lowest BCUT2D eigenvalue weighted by Crippen LogP contribution is -2.47. The summed E-state index contributed by atoms with van der Waals surface area (Å²) in [6.45, 7) is 9.60. The fourth-order valence-corrected chi connectivity index (χ4v) is 6.61. The normalized spacial score (nSPS) is 24.8. The van der Waals surface area contributed by atoms with Crippen molar-refractivity contribution in [1.82, 2.24) is 20.5 Å². The number of piperidine rings is 1. The average molecular weight is 547 g/mol. The van der Waals surface area contributed by atoms with Gasteiger partial charge in [-0.2, -0.15) is 0 Å². The molecular weight excluding hydrogens is 504 g/mol. The van der Waals surface area contributed by atoms with E-state index in [9.17, 15) is 14.4 Å². The lowest BCUT2D eigenvalue weighted by Gasteiger charge is -2.43. The second-order valence-electron chi connectivity index (χ2n) is 11.8. The number of aromatic nitrogens is 1. The van der Waals surface area contributed by atoms with Gasteiger partial charge < -0.3 is 26.2 Å². The van der Waals surface area contributed by atoms with Gasteiger partial charge in [0.1, 0.15) is 5.82 Å². The molecule has 2 aromatic rings. The molecule has 1 saturated carbocycles. The Hall–Kier alpha value is -3.46. The number of nitrogens with zero attached hydrogens (tertiary/aromatic N) is 3. The molecule has 3 aliphatic rings. The van der Waals surface area contributed by atoms with E-state index in [0.717, 1.165) is 76.1 Å². The zero-order chi connectivity index (χ0) is 28.4. The van der Waals surface area contributed by atoms with Gasteiger partial charge in [0, 0.05) is 48.5 Å². The number of amides is 3. The number of pyridine rings is 1. The number of hydrogen-bond acceptors (Lipinski definition) is 6. The van der Waals surface area contributed by atoms with Crippen LogP contribution in [-0.4, -0.2) is 71.9 Å². The van der Waals surface area contributed by atoms with Crippen LogP contribution in [0, 0.1) is 19.8 Å². The Morgan fingerprint density at radius 3 is 2.38 bits per heavy atom. The molecule has 2 saturated heterocycles. The molecule has 0 radical (unpaired) electrons. The summed E-state index contributed by atoms with van der Waals surface area (Å²) in [6.07, 6.45) is 7.81. The molecule has 1 aromatic carbocycles. The van der Waals surface area contributed by atoms with Gasteiger partial charge in [0.2, 0.25) is 5.91 Å². The maximum Gasteiger partial charge on any atom is 0.253 e. The summed E-state index contributed by atoms with van der Waals surface area (Å²) in [5, 5.41) is 6.45. The Labute approximate surface area is 236 Å². The van der Waals surface area contributed by atoms with E-state index in [1.54, 1.807) is 25.3 Å². The Kier molecular flexibility index (Phi) is 8.40. The molecule has 1 aromatic heterocycles. The van der Waals surface area contributed by atoms with Crippen LogP contribution in [0.2, 0.25) is 0 Å². The monoisotopic (exact) mass is 546 g/mol. The molecule has 214 valence electrons. The van der Waals surface area contributed by atoms with E-state index in [-0.39, 0.29) is 23.9 Å². The number of carbonyl (C=O) groups excluding carboxylic acids is 3. The number of aryl methyl sites for hydroxylation is 2. The Balaban J connectivity index is 1.21. The van der Waals surface area contributed by atoms with E-state index in [1.165, 1.54) is 0 Å². The van der Waals surface area contributed by atoms with Crippen molar-refractivity contribution in [1.29, 1.82) is 0 Å². The highest BCUT2D eigenvalue weighted by atomic mass is 16.2. The van der Waals surface area contributed by atoms with Gasteiger partial charge in [0.15, 0.2) is 0 Å². The van der Waals surface area contributed by atoms with E-state index in [0.29, 0.717) is 34.2 Å². The van der Waals surface area contributed by atoms with Gasteiger partial charge in [-0.05, 0) is 107 Å². The molecule has 3 amide bonds. The average Bonchev–Trinajstić information content (AvgIpc) is 3.05. The second-order valence-corrected chi connectivity index (χ2v) is 11.8. The van der Waals surface area contributed by atoms with Crippen LogP contribution in [0.25, 0.3) is 0 Å². The summed E-state index contributed by atoms with van der Waals surface area (Å²) in [4.78, 5) is 47.2. The van der Waals surface area contributed by atoms with Crippen molar-refractivity contribution >= 4 is 23.5 Å². The molecule has 5 rings (SSSR count). The number of rotatable bonds is 7. The van der Waals surface area contributed by atoms with Crippen molar-refractivity contribution in [3.05, 3.63) is 58.3 Å². The molecule has 2 aliphatic heterocycles. The molecule has 4 N–H and O–H groups in total. The summed E-state index contributed by atoms with van der Waals surface area (Å²) in [7, 11) is 0. The molecule has 9 heteroatoms. The molecule has 4 atom stereocenters. The molecule has 1 aliphatic carbocycles. The van der Waals surface area contributed by atoms with Crippen molar-refractivity contribution in [3.8, 4) is 0 Å². The van der Waals surface area contributed by atoms with Crippen molar-refractivity contribution in [2.75, 3.05) is 31.1 Å². The van der Waals surface area contributed by atoms with Gasteiger partial charge in [-0.15, -0.1) is 0 Å². The van der Waals surface area contributed by atoms with Gasteiger partial charge in [0.25, 0.3) is 11.8 Å². The quantitative estimate of drug-likeness (QED) is 0.491. The minimum absolute atomic E-state index is 0.0587. The molecule has 0 bridgehead atoms. The van der Waals surface area contributed by atoms with Crippen LogP contribution in [0.5, 0.6) is 0 Å². The summed E-state index contributed by atoms with van der Waals surface area (Å²) in [5.74, 6) is 0.727. The predicted octanol–water partition coefficient (Wildman–Crippen LogP) is 3.19. The Morgan fingerprint density at radius 1 is 0.950 bits per heavy atom. The number of hydrogen-bond donors (Lipinski definition) is 3. The van der Waals surface area contributed by atoms with Crippen molar-refractivity contribution < 1.29 is 14.4 Å². The van der Waals surface area contributed by atoms with Crippen LogP contribution in [-0.2, 0) is 0 Å². The Bertz CT molecular complexity index is 1260. The summed E-state index contributed by atoms with van der Waals surface area (Å²) in [5.41, 5.74) is 8.55. The topological polar surface area (TPSA) is 121 Å². The number of benzene rings is 1. The van der Waals surface area contributed by atoms with Gasteiger partial charge in [-0.1, -0.05) is 6.92 Å². The first-order valence-electron chi connectivity index (χ1n) is 14.7. The van der Waals surface area contributed by atoms with Crippen LogP contribution in [0.4, 0.5) is 5.82 Å². The predicted molar refractivity (Wildman–Crippen MR) is 156 cm³/mol. The van der Waals surface area contributed by atoms with Gasteiger partial charge in [0.05, 0.1) is 5.56 Å². The number of primary amides is 1. The maximum absolute atomic E-state index is 13.2. The van der Waals surface area contributed by atoms with Crippen LogP contribution in [0.1, 0.15) is 87.6 Å². The fourth-order valence-electron chi connectivity index (χ4n) is 6.61. The molecule has 3 heterocycles. The highest BCUT2D eigenvalue weighted by molar-refractivity contribution is 5.99. The maximum atomic E-state index is 13.2. The van der Waals surface area contributed by atoms with Gasteiger partial charge in [-0.3, -0.25) is 14.4 Å². The SMILES string of the molecule is CCN1CCC[C@H](NC(=O)c2ccc(N3CCC(NC(=O)c4cc(C)c(C(N)=O)cc4C)CC4CCC43)nc2)C1.